The molecule has 3 rings (SSSR count). The minimum absolute atomic E-state index is 0.0957. The average molecular weight is 433 g/mol. The number of benzene rings is 2. The third-order valence-electron chi connectivity index (χ3n) is 4.29. The van der Waals surface area contributed by atoms with E-state index in [4.69, 9.17) is 9.47 Å². The molecule has 2 aromatic carbocycles. The molecule has 0 saturated heterocycles. The molecule has 9 heteroatoms. The molecule has 0 bridgehead atoms. The van der Waals surface area contributed by atoms with Gasteiger partial charge in [-0.2, -0.15) is 0 Å². The smallest absolute Gasteiger partial charge is 0.257 e. The van der Waals surface area contributed by atoms with Gasteiger partial charge in [-0.3, -0.25) is 10.1 Å². The van der Waals surface area contributed by atoms with Crippen LogP contribution in [0.25, 0.3) is 11.3 Å². The standard InChI is InChI=1S/C20H20N2O5S2/c1-12-5-7-14(29(4,24)25)10-15(12)19(23)22-20-21-16(11-28-20)13-6-8-17(26-2)18(9-13)27-3/h5-11H,1-4H3,(H,21,22,23). The van der Waals surface area contributed by atoms with Crippen molar-refractivity contribution in [3.05, 3.63) is 52.9 Å². The van der Waals surface area contributed by atoms with E-state index in [1.807, 2.05) is 11.4 Å². The molecule has 1 aromatic heterocycles. The van der Waals surface area contributed by atoms with Crippen molar-refractivity contribution >= 4 is 32.2 Å². The van der Waals surface area contributed by atoms with Gasteiger partial charge in [0.15, 0.2) is 26.5 Å². The van der Waals surface area contributed by atoms with Crippen LogP contribution in [0.3, 0.4) is 0 Å². The number of aromatic nitrogens is 1. The Morgan fingerprint density at radius 2 is 1.79 bits per heavy atom. The second kappa shape index (κ2) is 8.22. The molecule has 29 heavy (non-hydrogen) atoms. The predicted octanol–water partition coefficient (Wildman–Crippen LogP) is 3.79. The van der Waals surface area contributed by atoms with Crippen LogP contribution in [0.2, 0.25) is 0 Å². The van der Waals surface area contributed by atoms with Gasteiger partial charge in [-0.05, 0) is 42.8 Å². The summed E-state index contributed by atoms with van der Waals surface area (Å²) in [6.45, 7) is 1.75. The fourth-order valence-electron chi connectivity index (χ4n) is 2.70. The molecule has 3 aromatic rings. The van der Waals surface area contributed by atoms with Gasteiger partial charge in [0.2, 0.25) is 0 Å². The van der Waals surface area contributed by atoms with E-state index in [1.54, 1.807) is 39.3 Å². The molecule has 0 aliphatic rings. The van der Waals surface area contributed by atoms with Gasteiger partial charge in [0.05, 0.1) is 24.8 Å². The molecule has 0 aliphatic carbocycles. The Morgan fingerprint density at radius 3 is 2.45 bits per heavy atom. The van der Waals surface area contributed by atoms with Crippen LogP contribution in [0.5, 0.6) is 11.5 Å². The summed E-state index contributed by atoms with van der Waals surface area (Å²) in [5, 5.41) is 4.96. The number of carbonyl (C=O) groups excluding carboxylic acids is 1. The number of sulfone groups is 1. The van der Waals surface area contributed by atoms with Gasteiger partial charge >= 0.3 is 0 Å². The number of hydrogen-bond donors (Lipinski definition) is 1. The van der Waals surface area contributed by atoms with Crippen molar-refractivity contribution in [2.24, 2.45) is 0 Å². The van der Waals surface area contributed by atoms with E-state index in [0.29, 0.717) is 27.9 Å². The minimum Gasteiger partial charge on any atom is -0.493 e. The molecule has 1 amide bonds. The van der Waals surface area contributed by atoms with Gasteiger partial charge in [-0.1, -0.05) is 6.07 Å². The summed E-state index contributed by atoms with van der Waals surface area (Å²) in [6, 6.07) is 9.91. The number of carbonyl (C=O) groups is 1. The first-order valence-corrected chi connectivity index (χ1v) is 11.3. The van der Waals surface area contributed by atoms with Crippen molar-refractivity contribution in [2.45, 2.75) is 11.8 Å². The monoisotopic (exact) mass is 432 g/mol. The maximum absolute atomic E-state index is 12.7. The summed E-state index contributed by atoms with van der Waals surface area (Å²) >= 11 is 1.27. The lowest BCUT2D eigenvalue weighted by atomic mass is 10.1. The third-order valence-corrected chi connectivity index (χ3v) is 6.15. The summed E-state index contributed by atoms with van der Waals surface area (Å²) in [5.74, 6) is 0.777. The first kappa shape index (κ1) is 20.8. The van der Waals surface area contributed by atoms with Crippen LogP contribution in [-0.2, 0) is 9.84 Å². The molecule has 0 spiro atoms. The minimum atomic E-state index is -3.41. The lowest BCUT2D eigenvalue weighted by Gasteiger charge is -2.08. The second-order valence-electron chi connectivity index (χ2n) is 6.31. The molecule has 7 nitrogen and oxygen atoms in total. The summed E-state index contributed by atoms with van der Waals surface area (Å²) in [5.41, 5.74) is 2.45. The maximum atomic E-state index is 12.7. The lowest BCUT2D eigenvalue weighted by molar-refractivity contribution is 0.102. The molecule has 1 N–H and O–H groups in total. The van der Waals surface area contributed by atoms with Crippen molar-refractivity contribution in [1.29, 1.82) is 0 Å². The Balaban J connectivity index is 1.85. The molecular formula is C20H20N2O5S2. The van der Waals surface area contributed by atoms with Crippen molar-refractivity contribution in [3.8, 4) is 22.8 Å². The van der Waals surface area contributed by atoms with Crippen LogP contribution in [-0.4, -0.2) is 39.8 Å². The topological polar surface area (TPSA) is 94.6 Å². The van der Waals surface area contributed by atoms with Gasteiger partial charge in [0.25, 0.3) is 5.91 Å². The van der Waals surface area contributed by atoms with E-state index < -0.39 is 15.7 Å². The number of anilines is 1. The Bertz CT molecular complexity index is 1170. The highest BCUT2D eigenvalue weighted by Crippen LogP contribution is 2.33. The number of nitrogens with one attached hydrogen (secondary N) is 1. The van der Waals surface area contributed by atoms with E-state index in [9.17, 15) is 13.2 Å². The molecular weight excluding hydrogens is 412 g/mol. The highest BCUT2D eigenvalue weighted by atomic mass is 32.2. The van der Waals surface area contributed by atoms with Crippen molar-refractivity contribution in [1.82, 2.24) is 4.98 Å². The van der Waals surface area contributed by atoms with Crippen LogP contribution in [0.15, 0.2) is 46.7 Å². The van der Waals surface area contributed by atoms with E-state index >= 15 is 0 Å². The van der Waals surface area contributed by atoms with Gasteiger partial charge in [0.1, 0.15) is 0 Å². The van der Waals surface area contributed by atoms with Gasteiger partial charge in [0, 0.05) is 22.8 Å². The Hall–Kier alpha value is -2.91. The Morgan fingerprint density at radius 1 is 1.07 bits per heavy atom. The molecule has 0 atom stereocenters. The summed E-state index contributed by atoms with van der Waals surface area (Å²) in [7, 11) is -0.287. The molecule has 0 aliphatic heterocycles. The van der Waals surface area contributed by atoms with Crippen LogP contribution in [0, 0.1) is 6.92 Å². The quantitative estimate of drug-likeness (QED) is 0.637. The Labute approximate surface area is 173 Å². The number of nitrogens with zero attached hydrogens (tertiary/aromatic N) is 1. The van der Waals surface area contributed by atoms with Crippen LogP contribution in [0.1, 0.15) is 15.9 Å². The molecule has 0 saturated carbocycles. The van der Waals surface area contributed by atoms with E-state index in [1.165, 1.54) is 23.5 Å². The zero-order valence-electron chi connectivity index (χ0n) is 16.3. The third kappa shape index (κ3) is 4.57. The SMILES string of the molecule is COc1ccc(-c2csc(NC(=O)c3cc(S(C)(=O)=O)ccc3C)n2)cc1OC. The largest absolute Gasteiger partial charge is 0.493 e. The van der Waals surface area contributed by atoms with Crippen molar-refractivity contribution in [2.75, 3.05) is 25.8 Å². The fourth-order valence-corrected chi connectivity index (χ4v) is 4.06. The number of methoxy groups -OCH3 is 2. The number of amides is 1. The lowest BCUT2D eigenvalue weighted by Crippen LogP contribution is -2.14. The summed E-state index contributed by atoms with van der Waals surface area (Å²) in [6.07, 6.45) is 1.11. The van der Waals surface area contributed by atoms with E-state index in [0.717, 1.165) is 11.8 Å². The summed E-state index contributed by atoms with van der Waals surface area (Å²) in [4.78, 5) is 17.2. The molecule has 1 heterocycles. The highest BCUT2D eigenvalue weighted by Gasteiger charge is 2.16. The van der Waals surface area contributed by atoms with Gasteiger partial charge in [-0.15, -0.1) is 11.3 Å². The number of hydrogen-bond acceptors (Lipinski definition) is 7. The second-order valence-corrected chi connectivity index (χ2v) is 9.18. The molecule has 152 valence electrons. The Kier molecular flexibility index (Phi) is 5.90. The number of aryl methyl sites for hydroxylation is 1. The molecule has 0 fully saturated rings. The molecule has 0 radical (unpaired) electrons. The van der Waals surface area contributed by atoms with Crippen molar-refractivity contribution < 1.29 is 22.7 Å². The van der Waals surface area contributed by atoms with Crippen LogP contribution in [0.4, 0.5) is 5.13 Å². The number of ether oxygens (including phenoxy) is 2. The van der Waals surface area contributed by atoms with Crippen LogP contribution >= 0.6 is 11.3 Å². The molecule has 0 unspecified atom stereocenters. The maximum Gasteiger partial charge on any atom is 0.257 e. The highest BCUT2D eigenvalue weighted by molar-refractivity contribution is 7.90. The zero-order valence-corrected chi connectivity index (χ0v) is 18.0. The van der Waals surface area contributed by atoms with Crippen LogP contribution < -0.4 is 14.8 Å². The van der Waals surface area contributed by atoms with Crippen molar-refractivity contribution in [3.63, 3.8) is 0 Å². The van der Waals surface area contributed by atoms with E-state index in [-0.39, 0.29) is 10.5 Å². The van der Waals surface area contributed by atoms with E-state index in [2.05, 4.69) is 10.3 Å². The normalized spacial score (nSPS) is 11.2. The van der Waals surface area contributed by atoms with Gasteiger partial charge in [-0.25, -0.2) is 13.4 Å². The predicted molar refractivity (Wildman–Crippen MR) is 113 cm³/mol. The first-order chi connectivity index (χ1) is 13.7. The average Bonchev–Trinajstić information content (AvgIpc) is 3.15. The van der Waals surface area contributed by atoms with Gasteiger partial charge < -0.3 is 9.47 Å². The number of thiazole rings is 1. The number of rotatable bonds is 6. The fraction of sp³-hybridized carbons (Fsp3) is 0.200. The zero-order chi connectivity index (χ0) is 21.2. The first-order valence-electron chi connectivity index (χ1n) is 8.53. The summed E-state index contributed by atoms with van der Waals surface area (Å²) < 4.78 is 34.1.